The van der Waals surface area contributed by atoms with Crippen molar-refractivity contribution in [2.75, 3.05) is 11.9 Å². The second kappa shape index (κ2) is 5.07. The van der Waals surface area contributed by atoms with Crippen LogP contribution < -0.4 is 5.32 Å². The van der Waals surface area contributed by atoms with Crippen molar-refractivity contribution < 1.29 is 5.11 Å². The summed E-state index contributed by atoms with van der Waals surface area (Å²) in [5, 5.41) is 13.0. The normalized spacial score (nSPS) is 26.2. The van der Waals surface area contributed by atoms with Crippen LogP contribution in [-0.2, 0) is 0 Å². The molecular weight excluding hydrogens is 190 g/mol. The summed E-state index contributed by atoms with van der Waals surface area (Å²) in [4.78, 5) is 8.11. The molecule has 0 aliphatic heterocycles. The molecule has 1 heterocycles. The topological polar surface area (TPSA) is 58.0 Å². The van der Waals surface area contributed by atoms with Crippen LogP contribution in [0, 0.1) is 5.92 Å². The van der Waals surface area contributed by atoms with Crippen molar-refractivity contribution in [3.05, 3.63) is 18.6 Å². The second-order valence-electron chi connectivity index (χ2n) is 4.08. The van der Waals surface area contributed by atoms with E-state index in [4.69, 9.17) is 0 Å². The summed E-state index contributed by atoms with van der Waals surface area (Å²) >= 11 is 0. The largest absolute Gasteiger partial charge is 0.393 e. The third-order valence-electron chi connectivity index (χ3n) is 2.98. The maximum Gasteiger partial charge on any atom is 0.144 e. The van der Waals surface area contributed by atoms with Crippen molar-refractivity contribution in [2.45, 2.75) is 31.8 Å². The van der Waals surface area contributed by atoms with Crippen LogP contribution in [0.15, 0.2) is 18.6 Å². The van der Waals surface area contributed by atoms with E-state index in [1.54, 1.807) is 18.6 Å². The van der Waals surface area contributed by atoms with E-state index in [1.807, 2.05) is 0 Å². The Morgan fingerprint density at radius 2 is 2.20 bits per heavy atom. The third-order valence-corrected chi connectivity index (χ3v) is 2.98. The minimum absolute atomic E-state index is 0.150. The standard InChI is InChI=1S/C11H17N3O/c15-10-4-2-1-3-9(10)7-14-11-8-12-5-6-13-11/h5-6,8-10,15H,1-4,7H2,(H,13,14). The molecule has 1 aromatic heterocycles. The van der Waals surface area contributed by atoms with E-state index >= 15 is 0 Å². The van der Waals surface area contributed by atoms with Crippen LogP contribution in [0.5, 0.6) is 0 Å². The van der Waals surface area contributed by atoms with E-state index in [2.05, 4.69) is 15.3 Å². The summed E-state index contributed by atoms with van der Waals surface area (Å²) in [7, 11) is 0. The molecule has 1 aliphatic carbocycles. The van der Waals surface area contributed by atoms with Gasteiger partial charge >= 0.3 is 0 Å². The first-order chi connectivity index (χ1) is 7.36. The highest BCUT2D eigenvalue weighted by atomic mass is 16.3. The highest BCUT2D eigenvalue weighted by Crippen LogP contribution is 2.24. The van der Waals surface area contributed by atoms with Crippen molar-refractivity contribution in [2.24, 2.45) is 5.92 Å². The monoisotopic (exact) mass is 207 g/mol. The predicted molar refractivity (Wildman–Crippen MR) is 58.5 cm³/mol. The molecule has 0 saturated heterocycles. The molecule has 1 fully saturated rings. The fourth-order valence-electron chi connectivity index (χ4n) is 2.05. The number of anilines is 1. The molecule has 2 atom stereocenters. The summed E-state index contributed by atoms with van der Waals surface area (Å²) in [6.07, 6.45) is 9.30. The molecule has 15 heavy (non-hydrogen) atoms. The van der Waals surface area contributed by atoms with E-state index in [9.17, 15) is 5.11 Å². The van der Waals surface area contributed by atoms with Gasteiger partial charge in [-0.1, -0.05) is 12.8 Å². The predicted octanol–water partition coefficient (Wildman–Crippen LogP) is 1.44. The zero-order chi connectivity index (χ0) is 10.5. The fourth-order valence-corrected chi connectivity index (χ4v) is 2.05. The smallest absolute Gasteiger partial charge is 0.144 e. The van der Waals surface area contributed by atoms with Gasteiger partial charge in [0.2, 0.25) is 0 Å². The molecule has 0 aromatic carbocycles. The summed E-state index contributed by atoms with van der Waals surface area (Å²) < 4.78 is 0. The van der Waals surface area contributed by atoms with Gasteiger partial charge in [0.05, 0.1) is 12.3 Å². The first-order valence-electron chi connectivity index (χ1n) is 5.54. The molecule has 0 bridgehead atoms. The Labute approximate surface area is 89.8 Å². The van der Waals surface area contributed by atoms with Crippen LogP contribution in [0.2, 0.25) is 0 Å². The van der Waals surface area contributed by atoms with Gasteiger partial charge in [0.15, 0.2) is 0 Å². The number of nitrogens with one attached hydrogen (secondary N) is 1. The molecule has 2 unspecified atom stereocenters. The molecule has 0 amide bonds. The SMILES string of the molecule is OC1CCCCC1CNc1cnccn1. The first kappa shape index (κ1) is 10.4. The Kier molecular flexibility index (Phi) is 3.50. The number of nitrogens with zero attached hydrogens (tertiary/aromatic N) is 2. The average molecular weight is 207 g/mol. The zero-order valence-corrected chi connectivity index (χ0v) is 8.76. The molecule has 1 aromatic rings. The molecule has 2 rings (SSSR count). The Hall–Kier alpha value is -1.16. The van der Waals surface area contributed by atoms with Gasteiger partial charge < -0.3 is 10.4 Å². The van der Waals surface area contributed by atoms with E-state index in [1.165, 1.54) is 6.42 Å². The maximum absolute atomic E-state index is 9.77. The third kappa shape index (κ3) is 2.89. The minimum atomic E-state index is -0.150. The Morgan fingerprint density at radius 3 is 2.93 bits per heavy atom. The highest BCUT2D eigenvalue weighted by molar-refractivity contribution is 5.29. The van der Waals surface area contributed by atoms with Gasteiger partial charge in [-0.2, -0.15) is 0 Å². The fraction of sp³-hybridized carbons (Fsp3) is 0.636. The zero-order valence-electron chi connectivity index (χ0n) is 8.76. The molecule has 0 radical (unpaired) electrons. The lowest BCUT2D eigenvalue weighted by atomic mass is 9.86. The van der Waals surface area contributed by atoms with Crippen LogP contribution in [0.1, 0.15) is 25.7 Å². The van der Waals surface area contributed by atoms with Gasteiger partial charge in [-0.15, -0.1) is 0 Å². The van der Waals surface area contributed by atoms with E-state index in [0.717, 1.165) is 31.6 Å². The van der Waals surface area contributed by atoms with Crippen molar-refractivity contribution >= 4 is 5.82 Å². The lowest BCUT2D eigenvalue weighted by Crippen LogP contribution is -2.30. The molecule has 1 aliphatic rings. The molecule has 1 saturated carbocycles. The number of rotatable bonds is 3. The average Bonchev–Trinajstić information content (AvgIpc) is 2.29. The first-order valence-corrected chi connectivity index (χ1v) is 5.54. The lowest BCUT2D eigenvalue weighted by Gasteiger charge is -2.27. The molecule has 4 nitrogen and oxygen atoms in total. The van der Waals surface area contributed by atoms with E-state index in [0.29, 0.717) is 5.92 Å². The van der Waals surface area contributed by atoms with Crippen molar-refractivity contribution in [3.8, 4) is 0 Å². The van der Waals surface area contributed by atoms with Crippen LogP contribution in [0.25, 0.3) is 0 Å². The second-order valence-corrected chi connectivity index (χ2v) is 4.08. The lowest BCUT2D eigenvalue weighted by molar-refractivity contribution is 0.0763. The van der Waals surface area contributed by atoms with Gasteiger partial charge in [0.25, 0.3) is 0 Å². The number of aliphatic hydroxyl groups is 1. The maximum atomic E-state index is 9.77. The molecule has 82 valence electrons. The van der Waals surface area contributed by atoms with Crippen molar-refractivity contribution in [3.63, 3.8) is 0 Å². The number of hydrogen-bond donors (Lipinski definition) is 2. The summed E-state index contributed by atoms with van der Waals surface area (Å²) in [6, 6.07) is 0. The summed E-state index contributed by atoms with van der Waals surface area (Å²) in [5.74, 6) is 1.15. The van der Waals surface area contributed by atoms with Crippen LogP contribution in [0.4, 0.5) is 5.82 Å². The quantitative estimate of drug-likeness (QED) is 0.787. The van der Waals surface area contributed by atoms with Gasteiger partial charge in [-0.3, -0.25) is 4.98 Å². The van der Waals surface area contributed by atoms with Crippen LogP contribution in [-0.4, -0.2) is 27.7 Å². The minimum Gasteiger partial charge on any atom is -0.393 e. The van der Waals surface area contributed by atoms with E-state index < -0.39 is 0 Å². The van der Waals surface area contributed by atoms with Gasteiger partial charge in [-0.25, -0.2) is 4.98 Å². The van der Waals surface area contributed by atoms with Gasteiger partial charge in [0.1, 0.15) is 5.82 Å². The highest BCUT2D eigenvalue weighted by Gasteiger charge is 2.22. The Morgan fingerprint density at radius 1 is 1.33 bits per heavy atom. The Balaban J connectivity index is 1.82. The van der Waals surface area contributed by atoms with Gasteiger partial charge in [0, 0.05) is 24.9 Å². The van der Waals surface area contributed by atoms with Gasteiger partial charge in [-0.05, 0) is 12.8 Å². The summed E-state index contributed by atoms with van der Waals surface area (Å²) in [6.45, 7) is 0.792. The van der Waals surface area contributed by atoms with Crippen LogP contribution >= 0.6 is 0 Å². The molecular formula is C11H17N3O. The molecule has 2 N–H and O–H groups in total. The number of aromatic nitrogens is 2. The van der Waals surface area contributed by atoms with E-state index in [-0.39, 0.29) is 6.10 Å². The number of hydrogen-bond acceptors (Lipinski definition) is 4. The van der Waals surface area contributed by atoms with Crippen molar-refractivity contribution in [1.29, 1.82) is 0 Å². The van der Waals surface area contributed by atoms with Crippen molar-refractivity contribution in [1.82, 2.24) is 9.97 Å². The molecule has 0 spiro atoms. The Bertz CT molecular complexity index is 291. The molecule has 4 heteroatoms. The van der Waals surface area contributed by atoms with Crippen LogP contribution in [0.3, 0.4) is 0 Å². The number of aliphatic hydroxyl groups excluding tert-OH is 1. The summed E-state index contributed by atoms with van der Waals surface area (Å²) in [5.41, 5.74) is 0.